The van der Waals surface area contributed by atoms with Crippen LogP contribution >= 0.6 is 11.3 Å². The lowest BCUT2D eigenvalue weighted by molar-refractivity contribution is -0.131. The molecule has 112 valence electrons. The number of aliphatic carboxylic acids is 1. The van der Waals surface area contributed by atoms with Crippen LogP contribution in [0.1, 0.15) is 27.4 Å². The highest BCUT2D eigenvalue weighted by Crippen LogP contribution is 2.25. The molecule has 0 bridgehead atoms. The average Bonchev–Trinajstić information content (AvgIpc) is 3.12. The second-order valence-electron chi connectivity index (χ2n) is 5.46. The Morgan fingerprint density at radius 3 is 2.95 bits per heavy atom. The van der Waals surface area contributed by atoms with Gasteiger partial charge >= 0.3 is 5.97 Å². The minimum Gasteiger partial charge on any atom is -0.478 e. The molecular weight excluding hydrogens is 288 g/mol. The maximum absolute atomic E-state index is 12.5. The van der Waals surface area contributed by atoms with Crippen LogP contribution in [0.2, 0.25) is 0 Å². The summed E-state index contributed by atoms with van der Waals surface area (Å²) in [6.45, 7) is 3.73. The van der Waals surface area contributed by atoms with E-state index in [1.165, 1.54) is 30.3 Å². The van der Waals surface area contributed by atoms with E-state index in [0.29, 0.717) is 10.9 Å². The van der Waals surface area contributed by atoms with Crippen LogP contribution < -0.4 is 0 Å². The third-order valence-electron chi connectivity index (χ3n) is 4.10. The molecule has 2 aliphatic heterocycles. The van der Waals surface area contributed by atoms with Crippen LogP contribution in [-0.4, -0.2) is 59.0 Å². The van der Waals surface area contributed by atoms with Gasteiger partial charge in [0.15, 0.2) is 0 Å². The van der Waals surface area contributed by atoms with Crippen LogP contribution in [0.15, 0.2) is 18.2 Å². The van der Waals surface area contributed by atoms with E-state index >= 15 is 0 Å². The van der Waals surface area contributed by atoms with Gasteiger partial charge in [-0.3, -0.25) is 9.69 Å². The molecule has 5 nitrogen and oxygen atoms in total. The molecule has 0 saturated carbocycles. The first-order chi connectivity index (χ1) is 10.1. The van der Waals surface area contributed by atoms with Crippen LogP contribution in [0.3, 0.4) is 0 Å². The van der Waals surface area contributed by atoms with Crippen LogP contribution in [0, 0.1) is 0 Å². The smallest absolute Gasteiger partial charge is 0.328 e. The van der Waals surface area contributed by atoms with E-state index in [1.807, 2.05) is 4.90 Å². The topological polar surface area (TPSA) is 60.9 Å². The molecule has 2 fully saturated rings. The van der Waals surface area contributed by atoms with Gasteiger partial charge in [-0.15, -0.1) is 11.3 Å². The van der Waals surface area contributed by atoms with Gasteiger partial charge in [0, 0.05) is 36.6 Å². The summed E-state index contributed by atoms with van der Waals surface area (Å²) in [7, 11) is 0. The fourth-order valence-electron chi connectivity index (χ4n) is 3.04. The molecule has 1 atom stereocenters. The van der Waals surface area contributed by atoms with E-state index in [4.69, 9.17) is 5.11 Å². The number of rotatable bonds is 3. The van der Waals surface area contributed by atoms with E-state index in [9.17, 15) is 9.59 Å². The fourth-order valence-corrected chi connectivity index (χ4v) is 3.92. The first-order valence-corrected chi connectivity index (χ1v) is 7.99. The second-order valence-corrected chi connectivity index (χ2v) is 6.57. The minimum absolute atomic E-state index is 0.0709. The van der Waals surface area contributed by atoms with E-state index in [0.717, 1.165) is 37.1 Å². The molecule has 0 aromatic carbocycles. The van der Waals surface area contributed by atoms with Crippen molar-refractivity contribution in [3.8, 4) is 0 Å². The van der Waals surface area contributed by atoms with E-state index in [1.54, 1.807) is 12.1 Å². The number of hydrogen-bond donors (Lipinski definition) is 1. The monoisotopic (exact) mass is 306 g/mol. The largest absolute Gasteiger partial charge is 0.478 e. The highest BCUT2D eigenvalue weighted by molar-refractivity contribution is 7.14. The summed E-state index contributed by atoms with van der Waals surface area (Å²) in [6.07, 6.45) is 5.03. The number of carboxylic acids is 1. The second kappa shape index (κ2) is 5.99. The number of hydrogen-bond acceptors (Lipinski definition) is 4. The molecule has 1 aromatic rings. The molecule has 1 N–H and O–H groups in total. The van der Waals surface area contributed by atoms with Gasteiger partial charge in [0.1, 0.15) is 0 Å². The Balaban J connectivity index is 1.66. The number of amides is 1. The quantitative estimate of drug-likeness (QED) is 0.865. The third-order valence-corrected chi connectivity index (χ3v) is 5.14. The predicted molar refractivity (Wildman–Crippen MR) is 81.5 cm³/mol. The Morgan fingerprint density at radius 1 is 1.29 bits per heavy atom. The van der Waals surface area contributed by atoms with Crippen molar-refractivity contribution in [2.75, 3.05) is 26.2 Å². The van der Waals surface area contributed by atoms with Crippen molar-refractivity contribution in [3.63, 3.8) is 0 Å². The minimum atomic E-state index is -0.978. The molecule has 1 unspecified atom stereocenters. The fraction of sp³-hybridized carbons (Fsp3) is 0.467. The van der Waals surface area contributed by atoms with Crippen molar-refractivity contribution in [2.24, 2.45) is 0 Å². The van der Waals surface area contributed by atoms with Gasteiger partial charge in [-0.25, -0.2) is 4.79 Å². The van der Waals surface area contributed by atoms with Gasteiger partial charge in [0.05, 0.1) is 4.88 Å². The molecule has 3 rings (SSSR count). The maximum atomic E-state index is 12.5. The molecule has 2 aliphatic rings. The summed E-state index contributed by atoms with van der Waals surface area (Å²) in [5, 5.41) is 8.62. The molecule has 0 spiro atoms. The van der Waals surface area contributed by atoms with Crippen molar-refractivity contribution < 1.29 is 14.7 Å². The highest BCUT2D eigenvalue weighted by Gasteiger charge is 2.32. The van der Waals surface area contributed by atoms with Crippen molar-refractivity contribution in [3.05, 3.63) is 28.0 Å². The Morgan fingerprint density at radius 2 is 2.14 bits per heavy atom. The zero-order valence-corrected chi connectivity index (χ0v) is 12.5. The van der Waals surface area contributed by atoms with Gasteiger partial charge in [0.2, 0.25) is 0 Å². The highest BCUT2D eigenvalue weighted by atomic mass is 32.1. The zero-order valence-electron chi connectivity index (χ0n) is 11.7. The molecular formula is C15H18N2O3S. The SMILES string of the molecule is O=C(O)/C=C/c1ccc(C(=O)N2CCN3CCCC3C2)s1. The Kier molecular flexibility index (Phi) is 4.07. The van der Waals surface area contributed by atoms with Gasteiger partial charge in [-0.1, -0.05) is 0 Å². The molecule has 3 heterocycles. The van der Waals surface area contributed by atoms with Crippen molar-refractivity contribution in [1.82, 2.24) is 9.80 Å². The number of thiophene rings is 1. The summed E-state index contributed by atoms with van der Waals surface area (Å²) in [6, 6.07) is 4.10. The Hall–Kier alpha value is -1.66. The molecule has 6 heteroatoms. The Bertz CT molecular complexity index is 581. The Labute approximate surface area is 127 Å². The summed E-state index contributed by atoms with van der Waals surface area (Å²) >= 11 is 1.35. The summed E-state index contributed by atoms with van der Waals surface area (Å²) in [5.41, 5.74) is 0. The molecule has 0 aliphatic carbocycles. The third kappa shape index (κ3) is 3.16. The summed E-state index contributed by atoms with van der Waals surface area (Å²) in [5.74, 6) is -0.907. The van der Waals surface area contributed by atoms with E-state index in [-0.39, 0.29) is 5.91 Å². The molecule has 1 amide bonds. The first-order valence-electron chi connectivity index (χ1n) is 7.17. The van der Waals surface area contributed by atoms with Gasteiger partial charge in [-0.2, -0.15) is 0 Å². The number of carboxylic acid groups (broad SMARTS) is 1. The van der Waals surface area contributed by atoms with Gasteiger partial charge in [0.25, 0.3) is 5.91 Å². The van der Waals surface area contributed by atoms with Crippen LogP contribution in [0.5, 0.6) is 0 Å². The van der Waals surface area contributed by atoms with E-state index < -0.39 is 5.97 Å². The lowest BCUT2D eigenvalue weighted by Gasteiger charge is -2.37. The number of carbonyl (C=O) groups excluding carboxylic acids is 1. The molecule has 0 radical (unpaired) electrons. The number of piperazine rings is 1. The van der Waals surface area contributed by atoms with Crippen LogP contribution in [-0.2, 0) is 4.79 Å². The maximum Gasteiger partial charge on any atom is 0.328 e. The van der Waals surface area contributed by atoms with Crippen LogP contribution in [0.4, 0.5) is 0 Å². The molecule has 2 saturated heterocycles. The standard InChI is InChI=1S/C15H18N2O3S/c18-14(19)6-4-12-3-5-13(21-12)15(20)17-9-8-16-7-1-2-11(16)10-17/h3-6,11H,1-2,7-10H2,(H,18,19)/b6-4+. The molecule has 21 heavy (non-hydrogen) atoms. The normalized spacial score (nSPS) is 22.7. The van der Waals surface area contributed by atoms with Crippen molar-refractivity contribution in [2.45, 2.75) is 18.9 Å². The van der Waals surface area contributed by atoms with Crippen molar-refractivity contribution >= 4 is 29.3 Å². The summed E-state index contributed by atoms with van der Waals surface area (Å²) in [4.78, 5) is 28.9. The first kappa shape index (κ1) is 14.3. The lowest BCUT2D eigenvalue weighted by Crippen LogP contribution is -2.51. The van der Waals surface area contributed by atoms with Crippen molar-refractivity contribution in [1.29, 1.82) is 0 Å². The number of fused-ring (bicyclic) bond motifs is 1. The number of nitrogens with zero attached hydrogens (tertiary/aromatic N) is 2. The van der Waals surface area contributed by atoms with Crippen LogP contribution in [0.25, 0.3) is 6.08 Å². The average molecular weight is 306 g/mol. The number of carbonyl (C=O) groups is 2. The molecule has 1 aromatic heterocycles. The predicted octanol–water partition coefficient (Wildman–Crippen LogP) is 1.77. The van der Waals surface area contributed by atoms with Gasteiger partial charge in [-0.05, 0) is 37.6 Å². The zero-order chi connectivity index (χ0) is 14.8. The summed E-state index contributed by atoms with van der Waals surface area (Å²) < 4.78 is 0. The van der Waals surface area contributed by atoms with Gasteiger partial charge < -0.3 is 10.0 Å². The van der Waals surface area contributed by atoms with E-state index in [2.05, 4.69) is 4.90 Å². The lowest BCUT2D eigenvalue weighted by atomic mass is 10.1.